The highest BCUT2D eigenvalue weighted by Gasteiger charge is 2.30. The molecule has 156 valence electrons. The monoisotopic (exact) mass is 441 g/mol. The van der Waals surface area contributed by atoms with Crippen molar-refractivity contribution in [3.8, 4) is 11.3 Å². The van der Waals surface area contributed by atoms with E-state index in [2.05, 4.69) is 10.3 Å². The molecule has 0 radical (unpaired) electrons. The summed E-state index contributed by atoms with van der Waals surface area (Å²) in [6.07, 6.45) is 2.80. The number of aromatic nitrogens is 1. The van der Waals surface area contributed by atoms with Crippen LogP contribution in [0.25, 0.3) is 11.3 Å². The van der Waals surface area contributed by atoms with Crippen LogP contribution in [0.15, 0.2) is 64.9 Å². The van der Waals surface area contributed by atoms with Gasteiger partial charge in [-0.2, -0.15) is 4.31 Å². The molecule has 0 aliphatic carbocycles. The fourth-order valence-electron chi connectivity index (χ4n) is 3.58. The molecule has 2 heterocycles. The van der Waals surface area contributed by atoms with Gasteiger partial charge in [-0.25, -0.2) is 13.4 Å². The molecule has 1 unspecified atom stereocenters. The molecule has 2 aromatic carbocycles. The first-order chi connectivity index (χ1) is 14.4. The van der Waals surface area contributed by atoms with Crippen LogP contribution in [0.4, 0.5) is 5.13 Å². The zero-order valence-corrected chi connectivity index (χ0v) is 18.2. The van der Waals surface area contributed by atoms with E-state index in [-0.39, 0.29) is 16.8 Å². The molecule has 1 aromatic heterocycles. The molecule has 1 N–H and O–H groups in total. The van der Waals surface area contributed by atoms with Crippen LogP contribution >= 0.6 is 11.3 Å². The second-order valence-electron chi connectivity index (χ2n) is 7.34. The maximum absolute atomic E-state index is 12.9. The Morgan fingerprint density at radius 3 is 2.53 bits per heavy atom. The van der Waals surface area contributed by atoms with Gasteiger partial charge < -0.3 is 0 Å². The summed E-state index contributed by atoms with van der Waals surface area (Å²) in [5.41, 5.74) is 2.17. The highest BCUT2D eigenvalue weighted by molar-refractivity contribution is 7.89. The average molecular weight is 442 g/mol. The number of anilines is 1. The number of benzene rings is 2. The normalized spacial score (nSPS) is 17.6. The highest BCUT2D eigenvalue weighted by atomic mass is 32.2. The minimum absolute atomic E-state index is 0.00422. The molecule has 30 heavy (non-hydrogen) atoms. The average Bonchev–Trinajstić information content (AvgIpc) is 3.23. The molecular formula is C22H23N3O3S2. The molecule has 0 bridgehead atoms. The lowest BCUT2D eigenvalue weighted by Crippen LogP contribution is -2.41. The fourth-order valence-corrected chi connectivity index (χ4v) is 6.00. The number of rotatable bonds is 5. The molecule has 8 heteroatoms. The van der Waals surface area contributed by atoms with E-state index < -0.39 is 10.0 Å². The van der Waals surface area contributed by atoms with Gasteiger partial charge in [-0.05, 0) is 44.0 Å². The van der Waals surface area contributed by atoms with E-state index >= 15 is 0 Å². The van der Waals surface area contributed by atoms with Crippen molar-refractivity contribution in [3.63, 3.8) is 0 Å². The number of nitrogens with one attached hydrogen (secondary N) is 1. The minimum atomic E-state index is -3.55. The second-order valence-corrected chi connectivity index (χ2v) is 10.1. The number of carbonyl (C=O) groups is 1. The Balaban J connectivity index is 1.46. The second kappa shape index (κ2) is 8.67. The van der Waals surface area contributed by atoms with E-state index in [1.807, 2.05) is 42.6 Å². The number of piperidine rings is 1. The standard InChI is InChI=1S/C22H23N3O3S2/c1-16-7-5-6-14-25(16)30(27,28)19-12-10-18(11-13-19)21(26)24-22-23-20(15-29-22)17-8-3-2-4-9-17/h2-4,8-13,15-16H,5-7,14H2,1H3,(H,23,24,26). The molecule has 4 rings (SSSR count). The maximum atomic E-state index is 12.9. The molecule has 6 nitrogen and oxygen atoms in total. The lowest BCUT2D eigenvalue weighted by Gasteiger charge is -2.32. The van der Waals surface area contributed by atoms with Crippen LogP contribution in [0.2, 0.25) is 0 Å². The molecule has 1 fully saturated rings. The number of amides is 1. The van der Waals surface area contributed by atoms with E-state index in [9.17, 15) is 13.2 Å². The number of sulfonamides is 1. The van der Waals surface area contributed by atoms with Crippen molar-refractivity contribution in [1.29, 1.82) is 0 Å². The third-order valence-electron chi connectivity index (χ3n) is 5.26. The van der Waals surface area contributed by atoms with Gasteiger partial charge in [0.25, 0.3) is 5.91 Å². The smallest absolute Gasteiger partial charge is 0.257 e. The molecule has 1 aliphatic heterocycles. The first-order valence-electron chi connectivity index (χ1n) is 9.89. The summed E-state index contributed by atoms with van der Waals surface area (Å²) in [6.45, 7) is 2.48. The number of hydrogen-bond donors (Lipinski definition) is 1. The van der Waals surface area contributed by atoms with Gasteiger partial charge in [0.2, 0.25) is 10.0 Å². The highest BCUT2D eigenvalue weighted by Crippen LogP contribution is 2.27. The molecule has 1 aliphatic rings. The van der Waals surface area contributed by atoms with E-state index in [0.717, 1.165) is 30.5 Å². The van der Waals surface area contributed by atoms with Gasteiger partial charge in [-0.1, -0.05) is 36.8 Å². The summed E-state index contributed by atoms with van der Waals surface area (Å²) in [5.74, 6) is -0.320. The van der Waals surface area contributed by atoms with Crippen LogP contribution in [0, 0.1) is 0 Å². The van der Waals surface area contributed by atoms with Gasteiger partial charge >= 0.3 is 0 Å². The van der Waals surface area contributed by atoms with Gasteiger partial charge in [-0.3, -0.25) is 10.1 Å². The first kappa shape index (κ1) is 20.7. The van der Waals surface area contributed by atoms with Gasteiger partial charge in [0, 0.05) is 29.1 Å². The van der Waals surface area contributed by atoms with Crippen molar-refractivity contribution in [2.24, 2.45) is 0 Å². The van der Waals surface area contributed by atoms with Gasteiger partial charge in [0.05, 0.1) is 10.6 Å². The summed E-state index contributed by atoms with van der Waals surface area (Å²) in [4.78, 5) is 17.2. The van der Waals surface area contributed by atoms with Crippen molar-refractivity contribution in [1.82, 2.24) is 9.29 Å². The summed E-state index contributed by atoms with van der Waals surface area (Å²) in [7, 11) is -3.55. The fraction of sp³-hybridized carbons (Fsp3) is 0.273. The van der Waals surface area contributed by atoms with Crippen molar-refractivity contribution in [2.75, 3.05) is 11.9 Å². The Kier molecular flexibility index (Phi) is 5.99. The van der Waals surface area contributed by atoms with E-state index in [0.29, 0.717) is 17.2 Å². The summed E-state index contributed by atoms with van der Waals surface area (Å²) >= 11 is 1.35. The Bertz CT molecular complexity index is 1130. The molecule has 0 spiro atoms. The number of hydrogen-bond acceptors (Lipinski definition) is 5. The minimum Gasteiger partial charge on any atom is -0.298 e. The van der Waals surface area contributed by atoms with Gasteiger partial charge in [0.15, 0.2) is 5.13 Å². The summed E-state index contributed by atoms with van der Waals surface area (Å²) in [6, 6.07) is 15.8. The van der Waals surface area contributed by atoms with E-state index in [4.69, 9.17) is 0 Å². The zero-order chi connectivity index (χ0) is 21.1. The quantitative estimate of drug-likeness (QED) is 0.626. The Labute approximate surface area is 180 Å². The number of thiazole rings is 1. The summed E-state index contributed by atoms with van der Waals surface area (Å²) in [5, 5.41) is 5.17. The topological polar surface area (TPSA) is 79.4 Å². The molecule has 1 saturated heterocycles. The van der Waals surface area contributed by atoms with Crippen molar-refractivity contribution >= 4 is 32.4 Å². The van der Waals surface area contributed by atoms with Crippen LogP contribution < -0.4 is 5.32 Å². The lowest BCUT2D eigenvalue weighted by molar-refractivity contribution is 0.102. The SMILES string of the molecule is CC1CCCCN1S(=O)(=O)c1ccc(C(=O)Nc2nc(-c3ccccc3)cs2)cc1. The van der Waals surface area contributed by atoms with Crippen LogP contribution in [-0.4, -0.2) is 36.2 Å². The number of carbonyl (C=O) groups excluding carboxylic acids is 1. The molecule has 0 saturated carbocycles. The van der Waals surface area contributed by atoms with Crippen molar-refractivity contribution in [2.45, 2.75) is 37.1 Å². The Hall–Kier alpha value is -2.55. The molecular weight excluding hydrogens is 418 g/mol. The van der Waals surface area contributed by atoms with Crippen LogP contribution in [0.1, 0.15) is 36.5 Å². The molecule has 1 amide bonds. The van der Waals surface area contributed by atoms with Gasteiger partial charge in [0.1, 0.15) is 0 Å². The van der Waals surface area contributed by atoms with E-state index in [1.165, 1.54) is 23.5 Å². The third kappa shape index (κ3) is 4.30. The third-order valence-corrected chi connectivity index (χ3v) is 8.04. The van der Waals surface area contributed by atoms with Crippen molar-refractivity contribution in [3.05, 3.63) is 65.5 Å². The first-order valence-corrected chi connectivity index (χ1v) is 12.2. The number of nitrogens with zero attached hydrogens (tertiary/aromatic N) is 2. The largest absolute Gasteiger partial charge is 0.298 e. The van der Waals surface area contributed by atoms with Crippen LogP contribution in [-0.2, 0) is 10.0 Å². The Morgan fingerprint density at radius 2 is 1.83 bits per heavy atom. The predicted molar refractivity (Wildman–Crippen MR) is 119 cm³/mol. The maximum Gasteiger partial charge on any atom is 0.257 e. The summed E-state index contributed by atoms with van der Waals surface area (Å²) < 4.78 is 27.4. The van der Waals surface area contributed by atoms with Gasteiger partial charge in [-0.15, -0.1) is 11.3 Å². The lowest BCUT2D eigenvalue weighted by atomic mass is 10.1. The van der Waals surface area contributed by atoms with Crippen LogP contribution in [0.3, 0.4) is 0 Å². The van der Waals surface area contributed by atoms with Crippen LogP contribution in [0.5, 0.6) is 0 Å². The zero-order valence-electron chi connectivity index (χ0n) is 16.6. The predicted octanol–water partition coefficient (Wildman–Crippen LogP) is 4.63. The Morgan fingerprint density at radius 1 is 1.10 bits per heavy atom. The van der Waals surface area contributed by atoms with E-state index in [1.54, 1.807) is 16.4 Å². The molecule has 3 aromatic rings. The molecule has 1 atom stereocenters. The van der Waals surface area contributed by atoms with Crippen molar-refractivity contribution < 1.29 is 13.2 Å².